The average Bonchev–Trinajstić information content (AvgIpc) is 2.74. The number of ether oxygens (including phenoxy) is 1. The summed E-state index contributed by atoms with van der Waals surface area (Å²) in [6.45, 7) is 6.26. The molecule has 3 nitrogen and oxygen atoms in total. The summed E-state index contributed by atoms with van der Waals surface area (Å²) in [6.07, 6.45) is 9.60. The van der Waals surface area contributed by atoms with E-state index in [4.69, 9.17) is 9.15 Å². The fourth-order valence-electron chi connectivity index (χ4n) is 2.89. The van der Waals surface area contributed by atoms with E-state index in [1.807, 2.05) is 19.9 Å². The molecule has 0 aromatic carbocycles. The smallest absolute Gasteiger partial charge is 0.330 e. The maximum Gasteiger partial charge on any atom is 0.330 e. The predicted octanol–water partition coefficient (Wildman–Crippen LogP) is 4.52. The highest BCUT2D eigenvalue weighted by Crippen LogP contribution is 2.38. The van der Waals surface area contributed by atoms with Gasteiger partial charge in [-0.15, -0.1) is 0 Å². The number of esters is 1. The van der Waals surface area contributed by atoms with Crippen LogP contribution in [0.3, 0.4) is 0 Å². The highest BCUT2D eigenvalue weighted by atomic mass is 16.5. The monoisotopic (exact) mass is 276 g/mol. The third kappa shape index (κ3) is 3.33. The van der Waals surface area contributed by atoms with Gasteiger partial charge in [0.25, 0.3) is 0 Å². The SMILES string of the molecule is CCOC(=O)/C=C/c1c(C2CCCCC2)oc(C)c1C. The lowest BCUT2D eigenvalue weighted by Gasteiger charge is -2.20. The standard InChI is InChI=1S/C17H24O3/c1-4-19-16(18)11-10-15-12(2)13(3)20-17(15)14-8-6-5-7-9-14/h10-11,14H,4-9H2,1-3H3/b11-10+. The molecule has 0 unspecified atom stereocenters. The summed E-state index contributed by atoms with van der Waals surface area (Å²) in [7, 11) is 0. The van der Waals surface area contributed by atoms with Crippen molar-refractivity contribution in [3.8, 4) is 0 Å². The van der Waals surface area contributed by atoms with Gasteiger partial charge in [0.2, 0.25) is 0 Å². The Hall–Kier alpha value is -1.51. The Kier molecular flexibility index (Phi) is 5.05. The van der Waals surface area contributed by atoms with Crippen LogP contribution in [0.15, 0.2) is 10.5 Å². The Labute approximate surface area is 121 Å². The van der Waals surface area contributed by atoms with E-state index in [-0.39, 0.29) is 5.97 Å². The Balaban J connectivity index is 2.24. The van der Waals surface area contributed by atoms with E-state index in [9.17, 15) is 4.79 Å². The van der Waals surface area contributed by atoms with Crippen molar-refractivity contribution in [2.75, 3.05) is 6.61 Å². The molecule has 0 N–H and O–H groups in total. The predicted molar refractivity (Wildman–Crippen MR) is 79.7 cm³/mol. The Morgan fingerprint density at radius 3 is 2.65 bits per heavy atom. The van der Waals surface area contributed by atoms with Gasteiger partial charge in [0.15, 0.2) is 0 Å². The molecule has 20 heavy (non-hydrogen) atoms. The van der Waals surface area contributed by atoms with Gasteiger partial charge < -0.3 is 9.15 Å². The van der Waals surface area contributed by atoms with Crippen LogP contribution in [-0.2, 0) is 9.53 Å². The summed E-state index contributed by atoms with van der Waals surface area (Å²) in [5, 5.41) is 0. The van der Waals surface area contributed by atoms with Crippen LogP contribution in [0.2, 0.25) is 0 Å². The summed E-state index contributed by atoms with van der Waals surface area (Å²) in [5.74, 6) is 2.22. The molecule has 1 fully saturated rings. The van der Waals surface area contributed by atoms with E-state index in [1.54, 1.807) is 0 Å². The molecule has 3 heteroatoms. The number of aryl methyl sites for hydroxylation is 1. The van der Waals surface area contributed by atoms with Crippen LogP contribution < -0.4 is 0 Å². The Bertz CT molecular complexity index is 491. The zero-order valence-corrected chi connectivity index (χ0v) is 12.7. The van der Waals surface area contributed by atoms with Crippen molar-refractivity contribution >= 4 is 12.0 Å². The third-order valence-electron chi connectivity index (χ3n) is 4.11. The second-order valence-corrected chi connectivity index (χ2v) is 5.48. The molecule has 0 amide bonds. The van der Waals surface area contributed by atoms with E-state index in [2.05, 4.69) is 6.92 Å². The average molecular weight is 276 g/mol. The number of carbonyl (C=O) groups is 1. The second kappa shape index (κ2) is 6.78. The van der Waals surface area contributed by atoms with Crippen LogP contribution in [0, 0.1) is 13.8 Å². The number of hydrogen-bond donors (Lipinski definition) is 0. The number of rotatable bonds is 4. The molecular formula is C17H24O3. The van der Waals surface area contributed by atoms with Crippen LogP contribution >= 0.6 is 0 Å². The van der Waals surface area contributed by atoms with Gasteiger partial charge in [0.1, 0.15) is 11.5 Å². The van der Waals surface area contributed by atoms with Crippen LogP contribution in [0.1, 0.15) is 67.6 Å². The van der Waals surface area contributed by atoms with Crippen molar-refractivity contribution in [2.24, 2.45) is 0 Å². The molecule has 1 heterocycles. The molecule has 0 radical (unpaired) electrons. The zero-order chi connectivity index (χ0) is 14.5. The van der Waals surface area contributed by atoms with Gasteiger partial charge in [-0.3, -0.25) is 0 Å². The molecule has 110 valence electrons. The third-order valence-corrected chi connectivity index (χ3v) is 4.11. The summed E-state index contributed by atoms with van der Waals surface area (Å²) in [6, 6.07) is 0. The number of carbonyl (C=O) groups excluding carboxylic acids is 1. The van der Waals surface area contributed by atoms with Crippen molar-refractivity contribution in [1.82, 2.24) is 0 Å². The number of hydrogen-bond acceptors (Lipinski definition) is 3. The largest absolute Gasteiger partial charge is 0.465 e. The summed E-state index contributed by atoms with van der Waals surface area (Å²) >= 11 is 0. The maximum atomic E-state index is 11.5. The maximum absolute atomic E-state index is 11.5. The van der Waals surface area contributed by atoms with Crippen molar-refractivity contribution in [2.45, 2.75) is 58.8 Å². The molecule has 0 atom stereocenters. The van der Waals surface area contributed by atoms with Gasteiger partial charge >= 0.3 is 5.97 Å². The zero-order valence-electron chi connectivity index (χ0n) is 12.7. The van der Waals surface area contributed by atoms with E-state index in [1.165, 1.54) is 38.2 Å². The van der Waals surface area contributed by atoms with Crippen molar-refractivity contribution in [3.05, 3.63) is 28.7 Å². The first kappa shape index (κ1) is 14.9. The quantitative estimate of drug-likeness (QED) is 0.599. The topological polar surface area (TPSA) is 39.4 Å². The van der Waals surface area contributed by atoms with Crippen molar-refractivity contribution in [1.29, 1.82) is 0 Å². The molecule has 1 saturated carbocycles. The molecule has 1 aromatic rings. The molecule has 0 spiro atoms. The first-order valence-corrected chi connectivity index (χ1v) is 7.58. The first-order chi connectivity index (χ1) is 9.63. The van der Waals surface area contributed by atoms with Gasteiger partial charge in [-0.2, -0.15) is 0 Å². The lowest BCUT2D eigenvalue weighted by molar-refractivity contribution is -0.137. The van der Waals surface area contributed by atoms with Crippen molar-refractivity contribution < 1.29 is 13.9 Å². The van der Waals surface area contributed by atoms with E-state index >= 15 is 0 Å². The summed E-state index contributed by atoms with van der Waals surface area (Å²) in [4.78, 5) is 11.5. The highest BCUT2D eigenvalue weighted by Gasteiger charge is 2.23. The lowest BCUT2D eigenvalue weighted by Crippen LogP contribution is -2.05. The Morgan fingerprint density at radius 2 is 2.00 bits per heavy atom. The van der Waals surface area contributed by atoms with Crippen LogP contribution in [0.4, 0.5) is 0 Å². The molecule has 0 aliphatic heterocycles. The fourth-order valence-corrected chi connectivity index (χ4v) is 2.89. The minimum atomic E-state index is -0.291. The molecule has 1 aromatic heterocycles. The van der Waals surface area contributed by atoms with Gasteiger partial charge in [0.05, 0.1) is 6.61 Å². The fraction of sp³-hybridized carbons (Fsp3) is 0.588. The molecule has 1 aliphatic carbocycles. The lowest BCUT2D eigenvalue weighted by atomic mass is 9.85. The molecule has 0 bridgehead atoms. The molecule has 0 saturated heterocycles. The van der Waals surface area contributed by atoms with E-state index < -0.39 is 0 Å². The van der Waals surface area contributed by atoms with Crippen LogP contribution in [0.5, 0.6) is 0 Å². The van der Waals surface area contributed by atoms with E-state index in [0.717, 1.165) is 22.6 Å². The molecule has 1 aliphatic rings. The van der Waals surface area contributed by atoms with Gasteiger partial charge in [-0.1, -0.05) is 19.3 Å². The highest BCUT2D eigenvalue weighted by molar-refractivity contribution is 5.87. The Morgan fingerprint density at radius 1 is 1.30 bits per heavy atom. The van der Waals surface area contributed by atoms with Crippen LogP contribution in [-0.4, -0.2) is 12.6 Å². The minimum Gasteiger partial charge on any atom is -0.465 e. The molecular weight excluding hydrogens is 252 g/mol. The minimum absolute atomic E-state index is 0.291. The van der Waals surface area contributed by atoms with Gasteiger partial charge in [0, 0.05) is 17.6 Å². The van der Waals surface area contributed by atoms with Gasteiger partial charge in [-0.25, -0.2) is 4.79 Å². The normalized spacial score (nSPS) is 16.8. The summed E-state index contributed by atoms with van der Waals surface area (Å²) in [5.41, 5.74) is 2.20. The molecule has 2 rings (SSSR count). The first-order valence-electron chi connectivity index (χ1n) is 7.58. The van der Waals surface area contributed by atoms with E-state index in [0.29, 0.717) is 12.5 Å². The van der Waals surface area contributed by atoms with Crippen molar-refractivity contribution in [3.63, 3.8) is 0 Å². The van der Waals surface area contributed by atoms with Crippen LogP contribution in [0.25, 0.3) is 6.08 Å². The number of furan rings is 1. The van der Waals surface area contributed by atoms with Gasteiger partial charge in [-0.05, 0) is 45.3 Å². The second-order valence-electron chi connectivity index (χ2n) is 5.48. The summed E-state index contributed by atoms with van der Waals surface area (Å²) < 4.78 is 10.9.